The van der Waals surface area contributed by atoms with Crippen LogP contribution in [-0.4, -0.2) is 26.4 Å². The lowest BCUT2D eigenvalue weighted by Gasteiger charge is -2.09. The molecule has 4 rings (SSSR count). The molecule has 0 saturated heterocycles. The summed E-state index contributed by atoms with van der Waals surface area (Å²) in [7, 11) is 1.41. The lowest BCUT2D eigenvalue weighted by atomic mass is 10.2. The van der Waals surface area contributed by atoms with E-state index in [2.05, 4.69) is 10.1 Å². The van der Waals surface area contributed by atoms with E-state index >= 15 is 0 Å². The van der Waals surface area contributed by atoms with Crippen LogP contribution in [0.3, 0.4) is 0 Å². The predicted molar refractivity (Wildman–Crippen MR) is 99.9 cm³/mol. The lowest BCUT2D eigenvalue weighted by molar-refractivity contribution is 0.386. The van der Waals surface area contributed by atoms with Gasteiger partial charge in [-0.05, 0) is 36.2 Å². The van der Waals surface area contributed by atoms with Gasteiger partial charge in [0.05, 0.1) is 25.5 Å². The van der Waals surface area contributed by atoms with Gasteiger partial charge in [0, 0.05) is 0 Å². The van der Waals surface area contributed by atoms with E-state index in [1.807, 2.05) is 31.2 Å². The van der Waals surface area contributed by atoms with Gasteiger partial charge in [0.25, 0.3) is 5.56 Å². The summed E-state index contributed by atoms with van der Waals surface area (Å²) < 4.78 is 21.9. The van der Waals surface area contributed by atoms with Crippen molar-refractivity contribution in [3.05, 3.63) is 82.3 Å². The van der Waals surface area contributed by atoms with Crippen molar-refractivity contribution in [2.75, 3.05) is 7.11 Å². The molecule has 0 N–H and O–H groups in total. The van der Waals surface area contributed by atoms with E-state index < -0.39 is 5.82 Å². The molecule has 2 aromatic carbocycles. The second kappa shape index (κ2) is 6.68. The van der Waals surface area contributed by atoms with Crippen LogP contribution < -0.4 is 10.3 Å². The number of ether oxygens (including phenoxy) is 1. The molecule has 7 heteroatoms. The average Bonchev–Trinajstić information content (AvgIpc) is 3.09. The molecule has 0 spiro atoms. The van der Waals surface area contributed by atoms with Gasteiger partial charge in [0.15, 0.2) is 17.2 Å². The second-order valence-electron chi connectivity index (χ2n) is 6.23. The van der Waals surface area contributed by atoms with E-state index in [9.17, 15) is 9.18 Å². The summed E-state index contributed by atoms with van der Waals surface area (Å²) in [6, 6.07) is 12.4. The van der Waals surface area contributed by atoms with Crippen molar-refractivity contribution in [3.8, 4) is 11.4 Å². The first-order valence-electron chi connectivity index (χ1n) is 8.40. The Bertz CT molecular complexity index is 1200. The number of aryl methyl sites for hydroxylation is 1. The van der Waals surface area contributed by atoms with Crippen LogP contribution in [0.25, 0.3) is 16.7 Å². The molecule has 4 aromatic rings. The Balaban J connectivity index is 1.75. The summed E-state index contributed by atoms with van der Waals surface area (Å²) in [5.41, 5.74) is 2.81. The fraction of sp³-hybridized carbons (Fsp3) is 0.150. The molecule has 0 unspecified atom stereocenters. The average molecular weight is 364 g/mol. The molecule has 136 valence electrons. The van der Waals surface area contributed by atoms with Crippen LogP contribution in [0.2, 0.25) is 0 Å². The number of halogens is 1. The molecule has 6 nitrogen and oxygen atoms in total. The van der Waals surface area contributed by atoms with Gasteiger partial charge in [-0.15, -0.1) is 0 Å². The smallest absolute Gasteiger partial charge is 0.264 e. The molecule has 0 atom stereocenters. The third kappa shape index (κ3) is 2.97. The first-order valence-corrected chi connectivity index (χ1v) is 8.40. The molecule has 0 saturated carbocycles. The van der Waals surface area contributed by atoms with Crippen LogP contribution in [-0.2, 0) is 6.54 Å². The van der Waals surface area contributed by atoms with E-state index in [4.69, 9.17) is 4.74 Å². The molecule has 0 aliphatic carbocycles. The topological polar surface area (TPSA) is 61.9 Å². The van der Waals surface area contributed by atoms with E-state index in [1.165, 1.54) is 36.3 Å². The van der Waals surface area contributed by atoms with Gasteiger partial charge >= 0.3 is 0 Å². The summed E-state index contributed by atoms with van der Waals surface area (Å²) in [6.45, 7) is 2.18. The van der Waals surface area contributed by atoms with Crippen molar-refractivity contribution >= 4 is 11.0 Å². The lowest BCUT2D eigenvalue weighted by Crippen LogP contribution is -2.21. The minimum atomic E-state index is -0.468. The number of nitrogens with zero attached hydrogens (tertiary/aromatic N) is 4. The molecule has 2 aromatic heterocycles. The van der Waals surface area contributed by atoms with Gasteiger partial charge in [-0.2, -0.15) is 5.10 Å². The minimum Gasteiger partial charge on any atom is -0.494 e. The molecular formula is C20H17FN4O2. The van der Waals surface area contributed by atoms with Crippen LogP contribution >= 0.6 is 0 Å². The zero-order valence-corrected chi connectivity index (χ0v) is 14.9. The van der Waals surface area contributed by atoms with Crippen LogP contribution in [0.15, 0.2) is 59.8 Å². The van der Waals surface area contributed by atoms with Crippen LogP contribution in [0.4, 0.5) is 4.39 Å². The highest BCUT2D eigenvalue weighted by molar-refractivity contribution is 5.75. The zero-order valence-electron chi connectivity index (χ0n) is 14.9. The Hall–Kier alpha value is -3.48. The molecule has 0 aliphatic rings. The number of para-hydroxylation sites is 1. The van der Waals surface area contributed by atoms with Crippen molar-refractivity contribution in [2.45, 2.75) is 13.5 Å². The molecular weight excluding hydrogens is 347 g/mol. The highest BCUT2D eigenvalue weighted by Gasteiger charge is 2.13. The number of hydrogen-bond donors (Lipinski definition) is 0. The highest BCUT2D eigenvalue weighted by Crippen LogP contribution is 2.19. The van der Waals surface area contributed by atoms with Crippen LogP contribution in [0, 0.1) is 12.7 Å². The van der Waals surface area contributed by atoms with Crippen LogP contribution in [0.5, 0.6) is 5.75 Å². The third-order valence-corrected chi connectivity index (χ3v) is 4.47. The molecule has 0 radical (unpaired) electrons. The van der Waals surface area contributed by atoms with Gasteiger partial charge in [-0.3, -0.25) is 9.36 Å². The molecule has 0 fully saturated rings. The third-order valence-electron chi connectivity index (χ3n) is 4.47. The first-order chi connectivity index (χ1) is 13.1. The van der Waals surface area contributed by atoms with E-state index in [1.54, 1.807) is 10.7 Å². The summed E-state index contributed by atoms with van der Waals surface area (Å²) in [5.74, 6) is -0.302. The second-order valence-corrected chi connectivity index (χ2v) is 6.23. The Morgan fingerprint density at radius 1 is 1.19 bits per heavy atom. The van der Waals surface area contributed by atoms with Gasteiger partial charge in [0.1, 0.15) is 11.7 Å². The predicted octanol–water partition coefficient (Wildman–Crippen LogP) is 3.09. The van der Waals surface area contributed by atoms with Crippen molar-refractivity contribution in [2.24, 2.45) is 0 Å². The highest BCUT2D eigenvalue weighted by atomic mass is 19.1. The maximum atomic E-state index is 13.9. The number of methoxy groups -OCH3 is 1. The van der Waals surface area contributed by atoms with Gasteiger partial charge in [-0.1, -0.05) is 24.3 Å². The summed E-state index contributed by atoms with van der Waals surface area (Å²) in [4.78, 5) is 17.2. The molecule has 0 aliphatic heterocycles. The Morgan fingerprint density at radius 2 is 2.00 bits per heavy atom. The van der Waals surface area contributed by atoms with Crippen molar-refractivity contribution < 1.29 is 9.13 Å². The fourth-order valence-corrected chi connectivity index (χ4v) is 3.04. The van der Waals surface area contributed by atoms with E-state index in [-0.39, 0.29) is 17.9 Å². The number of benzene rings is 2. The summed E-state index contributed by atoms with van der Waals surface area (Å²) >= 11 is 0. The number of aromatic nitrogens is 4. The number of fused-ring (bicyclic) bond motifs is 1. The van der Waals surface area contributed by atoms with Crippen molar-refractivity contribution in [3.63, 3.8) is 0 Å². The maximum Gasteiger partial charge on any atom is 0.264 e. The van der Waals surface area contributed by atoms with Crippen molar-refractivity contribution in [1.82, 2.24) is 19.3 Å². The first kappa shape index (κ1) is 17.0. The standard InChI is InChI=1S/C20H17FN4O2/c1-13-5-3-4-6-17(13)25-19-15(10-23-25)20(26)24(12-22-19)11-14-7-8-18(27-2)16(21)9-14/h3-10,12H,11H2,1-2H3. The SMILES string of the molecule is COc1ccc(Cn2cnc3c(cnn3-c3ccccc3C)c2=O)cc1F. The molecule has 27 heavy (non-hydrogen) atoms. The van der Waals surface area contributed by atoms with Crippen LogP contribution in [0.1, 0.15) is 11.1 Å². The number of rotatable bonds is 4. The van der Waals surface area contributed by atoms with Gasteiger partial charge in [0.2, 0.25) is 0 Å². The quantitative estimate of drug-likeness (QED) is 0.558. The fourth-order valence-electron chi connectivity index (χ4n) is 3.04. The Labute approximate surface area is 154 Å². The largest absolute Gasteiger partial charge is 0.494 e. The number of hydrogen-bond acceptors (Lipinski definition) is 4. The summed E-state index contributed by atoms with van der Waals surface area (Å²) in [5, 5.41) is 4.75. The van der Waals surface area contributed by atoms with E-state index in [0.717, 1.165) is 11.3 Å². The monoisotopic (exact) mass is 364 g/mol. The Kier molecular flexibility index (Phi) is 4.19. The molecule has 2 heterocycles. The molecule has 0 amide bonds. The summed E-state index contributed by atoms with van der Waals surface area (Å²) in [6.07, 6.45) is 2.98. The van der Waals surface area contributed by atoms with Crippen molar-refractivity contribution in [1.29, 1.82) is 0 Å². The van der Waals surface area contributed by atoms with E-state index in [0.29, 0.717) is 16.6 Å². The van der Waals surface area contributed by atoms with Gasteiger partial charge < -0.3 is 4.74 Å². The normalized spacial score (nSPS) is 11.1. The minimum absolute atomic E-state index is 0.166. The Morgan fingerprint density at radius 3 is 2.74 bits per heavy atom. The maximum absolute atomic E-state index is 13.9. The zero-order chi connectivity index (χ0) is 19.0. The van der Waals surface area contributed by atoms with Gasteiger partial charge in [-0.25, -0.2) is 14.1 Å². The molecule has 0 bridgehead atoms.